The van der Waals surface area contributed by atoms with Crippen molar-refractivity contribution >= 4 is 39.5 Å². The second-order valence-corrected chi connectivity index (χ2v) is 17.4. The lowest BCUT2D eigenvalue weighted by atomic mass is 9.72. The Hall–Kier alpha value is -4.46. The van der Waals surface area contributed by atoms with Crippen LogP contribution in [-0.4, -0.2) is 107 Å². The number of piperidine rings is 2. The van der Waals surface area contributed by atoms with E-state index in [1.165, 1.54) is 17.7 Å². The van der Waals surface area contributed by atoms with Crippen molar-refractivity contribution in [2.45, 2.75) is 76.4 Å². The van der Waals surface area contributed by atoms with Gasteiger partial charge in [0.05, 0.1) is 11.7 Å². The van der Waals surface area contributed by atoms with Crippen molar-refractivity contribution in [3.8, 4) is 16.9 Å². The van der Waals surface area contributed by atoms with Gasteiger partial charge in [-0.05, 0) is 106 Å². The van der Waals surface area contributed by atoms with Crippen molar-refractivity contribution in [2.24, 2.45) is 10.8 Å². The van der Waals surface area contributed by atoms with Gasteiger partial charge in [0.25, 0.3) is 5.91 Å². The van der Waals surface area contributed by atoms with Gasteiger partial charge in [0.1, 0.15) is 11.3 Å². The molecule has 2 aromatic heterocycles. The number of H-pyrrole nitrogens is 1. The van der Waals surface area contributed by atoms with Crippen molar-refractivity contribution in [1.82, 2.24) is 30.0 Å². The van der Waals surface area contributed by atoms with Crippen LogP contribution >= 0.6 is 0 Å². The third-order valence-corrected chi connectivity index (χ3v) is 13.4. The molecule has 6 fully saturated rings. The highest BCUT2D eigenvalue weighted by molar-refractivity contribution is 6.06. The molecule has 6 heterocycles. The molecule has 4 saturated heterocycles. The van der Waals surface area contributed by atoms with Crippen LogP contribution in [0.5, 0.6) is 5.75 Å². The van der Waals surface area contributed by atoms with Gasteiger partial charge >= 0.3 is 6.18 Å². The van der Waals surface area contributed by atoms with Crippen molar-refractivity contribution < 1.29 is 27.1 Å². The minimum Gasteiger partial charge on any atom is -0.481 e. The standard InChI is InChI=1S/C41H46F4N8O2/c1-24-3-8-31-30(18-46-49-31)32(24)33-28(26-4-5-26)17-29-34(35(33)55-23-41(43,44)45)47-38(53-21-40(22-53)9-13-50(14-10-40)27-6-7-27)48-36(29)51-15-11-39(12-16-51)19-52(20-39)37(54)25(2)42/h3,8,17-18,26-27H,2,4-7,9-16,19-23H2,1H3,(H,46,49). The lowest BCUT2D eigenvalue weighted by molar-refractivity contribution is -0.153. The summed E-state index contributed by atoms with van der Waals surface area (Å²) in [5, 5.41) is 8.85. The van der Waals surface area contributed by atoms with Gasteiger partial charge in [-0.1, -0.05) is 12.6 Å². The van der Waals surface area contributed by atoms with Gasteiger partial charge in [-0.2, -0.15) is 23.3 Å². The Morgan fingerprint density at radius 2 is 1.62 bits per heavy atom. The molecule has 4 aliphatic heterocycles. The molecule has 1 amide bonds. The predicted molar refractivity (Wildman–Crippen MR) is 202 cm³/mol. The molecular weight excluding hydrogens is 712 g/mol. The van der Waals surface area contributed by atoms with Gasteiger partial charge in [-0.3, -0.25) is 9.89 Å². The zero-order valence-corrected chi connectivity index (χ0v) is 31.2. The molecule has 55 heavy (non-hydrogen) atoms. The highest BCUT2D eigenvalue weighted by Crippen LogP contribution is 2.54. The minimum absolute atomic E-state index is 0.111. The molecule has 0 atom stereocenters. The number of benzene rings is 2. The van der Waals surface area contributed by atoms with Crippen LogP contribution in [0.15, 0.2) is 36.8 Å². The van der Waals surface area contributed by atoms with E-state index in [9.17, 15) is 22.4 Å². The van der Waals surface area contributed by atoms with Crippen molar-refractivity contribution in [3.63, 3.8) is 0 Å². The Balaban J connectivity index is 1.08. The molecule has 10 nitrogen and oxygen atoms in total. The number of anilines is 2. The lowest BCUT2D eigenvalue weighted by Crippen LogP contribution is -2.62. The van der Waals surface area contributed by atoms with Crippen LogP contribution in [0.3, 0.4) is 0 Å². The summed E-state index contributed by atoms with van der Waals surface area (Å²) in [6.45, 7) is 9.76. The number of aryl methyl sites for hydroxylation is 1. The molecule has 2 aromatic carbocycles. The van der Waals surface area contributed by atoms with Crippen LogP contribution in [0.2, 0.25) is 0 Å². The van der Waals surface area contributed by atoms with Gasteiger partial charge < -0.3 is 24.3 Å². The van der Waals surface area contributed by atoms with E-state index in [4.69, 9.17) is 14.7 Å². The van der Waals surface area contributed by atoms with E-state index < -0.39 is 24.5 Å². The Bertz CT molecular complexity index is 2200. The summed E-state index contributed by atoms with van der Waals surface area (Å²) in [6, 6.07) is 6.78. The Kier molecular flexibility index (Phi) is 7.97. The SMILES string of the molecule is C=C(F)C(=O)N1CC2(CCN(c3nc(N4CC5(CCN(C6CC6)CC5)C4)nc4c(OCC(F)(F)F)c(-c5c(C)ccc6[nH]ncc56)c(C5CC5)cc34)CC2)C1. The highest BCUT2D eigenvalue weighted by Gasteiger charge is 2.49. The molecule has 14 heteroatoms. The molecule has 290 valence electrons. The number of alkyl halides is 3. The van der Waals surface area contributed by atoms with Gasteiger partial charge in [-0.25, -0.2) is 9.37 Å². The third-order valence-electron chi connectivity index (χ3n) is 13.4. The number of aromatic nitrogens is 4. The third kappa shape index (κ3) is 6.19. The van der Waals surface area contributed by atoms with Gasteiger partial charge in [0, 0.05) is 72.5 Å². The maximum atomic E-state index is 14.1. The number of hydrogen-bond acceptors (Lipinski definition) is 8. The summed E-state index contributed by atoms with van der Waals surface area (Å²) in [6.07, 6.45) is 5.39. The molecule has 2 spiro atoms. The number of carbonyl (C=O) groups excluding carboxylic acids is 1. The van der Waals surface area contributed by atoms with E-state index >= 15 is 0 Å². The summed E-state index contributed by atoms with van der Waals surface area (Å²) >= 11 is 0. The first kappa shape index (κ1) is 35.0. The summed E-state index contributed by atoms with van der Waals surface area (Å²) in [4.78, 5) is 31.3. The van der Waals surface area contributed by atoms with E-state index in [1.54, 1.807) is 6.20 Å². The van der Waals surface area contributed by atoms with Gasteiger partial charge in [0.15, 0.2) is 18.2 Å². The lowest BCUT2D eigenvalue weighted by Gasteiger charge is -2.54. The smallest absolute Gasteiger partial charge is 0.422 e. The van der Waals surface area contributed by atoms with E-state index in [1.807, 2.05) is 19.1 Å². The molecule has 10 rings (SSSR count). The monoisotopic (exact) mass is 758 g/mol. The molecule has 0 radical (unpaired) electrons. The molecule has 0 unspecified atom stereocenters. The summed E-state index contributed by atoms with van der Waals surface area (Å²) in [5.41, 5.74) is 4.56. The number of likely N-dealkylation sites (tertiary alicyclic amines) is 2. The average Bonchev–Trinajstić information content (AvgIpc) is 4.08. The Morgan fingerprint density at radius 3 is 2.27 bits per heavy atom. The number of fused-ring (bicyclic) bond motifs is 2. The summed E-state index contributed by atoms with van der Waals surface area (Å²) in [7, 11) is 0. The van der Waals surface area contributed by atoms with Crippen LogP contribution < -0.4 is 14.5 Å². The highest BCUT2D eigenvalue weighted by atomic mass is 19.4. The van der Waals surface area contributed by atoms with Crippen molar-refractivity contribution in [3.05, 3.63) is 47.9 Å². The number of carbonyl (C=O) groups is 1. The number of nitrogens with one attached hydrogen (secondary N) is 1. The number of rotatable bonds is 8. The molecular formula is C41H46F4N8O2. The average molecular weight is 759 g/mol. The van der Waals surface area contributed by atoms with E-state index in [-0.39, 0.29) is 22.5 Å². The number of halogens is 4. The maximum Gasteiger partial charge on any atom is 0.422 e. The van der Waals surface area contributed by atoms with Crippen LogP contribution in [0.25, 0.3) is 32.9 Å². The summed E-state index contributed by atoms with van der Waals surface area (Å²) in [5.74, 6) is -0.0815. The zero-order chi connectivity index (χ0) is 37.9. The first-order valence-electron chi connectivity index (χ1n) is 19.8. The predicted octanol–water partition coefficient (Wildman–Crippen LogP) is 7.28. The van der Waals surface area contributed by atoms with Crippen LogP contribution in [0, 0.1) is 17.8 Å². The van der Waals surface area contributed by atoms with Crippen LogP contribution in [-0.2, 0) is 4.79 Å². The van der Waals surface area contributed by atoms with E-state index in [2.05, 4.69) is 37.5 Å². The van der Waals surface area contributed by atoms with E-state index in [0.29, 0.717) is 54.4 Å². The minimum atomic E-state index is -4.57. The fourth-order valence-electron chi connectivity index (χ4n) is 9.95. The topological polar surface area (TPSA) is 93.7 Å². The fraction of sp³-hybridized carbons (Fsp3) is 0.561. The Morgan fingerprint density at radius 1 is 0.927 bits per heavy atom. The molecule has 2 saturated carbocycles. The van der Waals surface area contributed by atoms with Crippen LogP contribution in [0.1, 0.15) is 68.4 Å². The number of ether oxygens (including phenoxy) is 1. The first-order chi connectivity index (χ1) is 26.4. The number of amides is 1. The molecule has 2 aliphatic carbocycles. The van der Waals surface area contributed by atoms with Crippen molar-refractivity contribution in [2.75, 3.05) is 68.8 Å². The number of aromatic amines is 1. The molecule has 4 aromatic rings. The zero-order valence-electron chi connectivity index (χ0n) is 31.2. The molecule has 0 bridgehead atoms. The normalized spacial score (nSPS) is 22.4. The second kappa shape index (κ2) is 12.5. The first-order valence-corrected chi connectivity index (χ1v) is 19.8. The van der Waals surface area contributed by atoms with Gasteiger partial charge in [0.2, 0.25) is 5.95 Å². The second-order valence-electron chi connectivity index (χ2n) is 17.4. The maximum absolute atomic E-state index is 14.1. The number of hydrogen-bond donors (Lipinski definition) is 1. The summed E-state index contributed by atoms with van der Waals surface area (Å²) < 4.78 is 62.1. The molecule has 6 aliphatic rings. The Labute approximate surface area is 316 Å². The largest absolute Gasteiger partial charge is 0.481 e. The quantitative estimate of drug-likeness (QED) is 0.148. The van der Waals surface area contributed by atoms with Crippen molar-refractivity contribution in [1.29, 1.82) is 0 Å². The number of nitrogens with zero attached hydrogens (tertiary/aromatic N) is 7. The molecule has 1 N–H and O–H groups in total. The fourth-order valence-corrected chi connectivity index (χ4v) is 9.95. The van der Waals surface area contributed by atoms with E-state index in [0.717, 1.165) is 98.3 Å². The van der Waals surface area contributed by atoms with Gasteiger partial charge in [-0.15, -0.1) is 0 Å². The van der Waals surface area contributed by atoms with Crippen LogP contribution in [0.4, 0.5) is 29.3 Å².